The number of nitrogens with one attached hydrogen (secondary N) is 3. The molecule has 0 aliphatic heterocycles. The predicted octanol–water partition coefficient (Wildman–Crippen LogP) is 2.41. The van der Waals surface area contributed by atoms with Gasteiger partial charge in [-0.25, -0.2) is 9.59 Å². The van der Waals surface area contributed by atoms with Crippen molar-refractivity contribution in [2.24, 2.45) is 5.73 Å². The van der Waals surface area contributed by atoms with E-state index < -0.39 is 47.2 Å². The monoisotopic (exact) mass is 532 g/mol. The van der Waals surface area contributed by atoms with Gasteiger partial charge >= 0.3 is 17.7 Å². The highest BCUT2D eigenvalue weighted by molar-refractivity contribution is 5.99. The molecule has 0 spiro atoms. The summed E-state index contributed by atoms with van der Waals surface area (Å²) in [6.07, 6.45) is -0.104. The molecule has 1 aromatic heterocycles. The number of alkyl carbamates (subject to hydrolysis) is 1. The number of rotatable bonds is 12. The van der Waals surface area contributed by atoms with E-state index >= 15 is 0 Å². The number of carboxylic acids is 1. The Hall–Kier alpha value is -3.93. The van der Waals surface area contributed by atoms with Gasteiger partial charge in [-0.3, -0.25) is 14.4 Å². The molecule has 38 heavy (non-hydrogen) atoms. The van der Waals surface area contributed by atoms with E-state index in [4.69, 9.17) is 20.0 Å². The molecule has 0 fully saturated rings. The van der Waals surface area contributed by atoms with Crippen LogP contribution in [0.15, 0.2) is 33.5 Å². The molecular formula is C26H36N4O8. The summed E-state index contributed by atoms with van der Waals surface area (Å²) in [7, 11) is 0. The van der Waals surface area contributed by atoms with E-state index in [9.17, 15) is 24.0 Å². The summed E-state index contributed by atoms with van der Waals surface area (Å²) in [6, 6.07) is 3.98. The Labute approximate surface area is 220 Å². The van der Waals surface area contributed by atoms with Crippen LogP contribution in [0.2, 0.25) is 0 Å². The van der Waals surface area contributed by atoms with Crippen molar-refractivity contribution < 1.29 is 33.4 Å². The van der Waals surface area contributed by atoms with Gasteiger partial charge in [0.15, 0.2) is 0 Å². The maximum Gasteiger partial charge on any atom is 0.408 e. The van der Waals surface area contributed by atoms with E-state index in [0.29, 0.717) is 36.0 Å². The van der Waals surface area contributed by atoms with Gasteiger partial charge in [-0.2, -0.15) is 0 Å². The van der Waals surface area contributed by atoms with Crippen molar-refractivity contribution >= 4 is 40.5 Å². The standard InChI is InChI=1S/C26H36N4O8/c1-15-13-22(33)37-20-14-16(8-9-17(15)20)28-23(34)18(7-5-6-12-27)29-24(35)19(10-11-21(31)32)30-25(36)38-26(2,3)4/h8-9,13-14,18-19H,5-7,10-12,27H2,1-4H3,(H,28,34)(H,29,35)(H,30,36)(H,31,32)/t18-,19-/m0/s1. The third-order valence-electron chi connectivity index (χ3n) is 5.45. The van der Waals surface area contributed by atoms with Crippen LogP contribution in [0.1, 0.15) is 58.4 Å². The second-order valence-electron chi connectivity index (χ2n) is 9.93. The lowest BCUT2D eigenvalue weighted by Gasteiger charge is -2.25. The van der Waals surface area contributed by atoms with Crippen LogP contribution in [0, 0.1) is 6.92 Å². The molecule has 0 radical (unpaired) electrons. The van der Waals surface area contributed by atoms with E-state index in [2.05, 4.69) is 16.0 Å². The van der Waals surface area contributed by atoms with Crippen molar-refractivity contribution in [1.29, 1.82) is 0 Å². The number of ether oxygens (including phenoxy) is 1. The number of nitrogens with two attached hydrogens (primary N) is 1. The highest BCUT2D eigenvalue weighted by Crippen LogP contribution is 2.21. The van der Waals surface area contributed by atoms with Crippen LogP contribution < -0.4 is 27.3 Å². The van der Waals surface area contributed by atoms with Crippen LogP contribution in [-0.4, -0.2) is 53.2 Å². The van der Waals surface area contributed by atoms with E-state index in [-0.39, 0.29) is 19.3 Å². The number of carbonyl (C=O) groups excluding carboxylic acids is 3. The van der Waals surface area contributed by atoms with E-state index in [1.165, 1.54) is 12.1 Å². The lowest BCUT2D eigenvalue weighted by molar-refractivity contribution is -0.137. The molecule has 0 saturated heterocycles. The van der Waals surface area contributed by atoms with Gasteiger partial charge in [0, 0.05) is 29.6 Å². The summed E-state index contributed by atoms with van der Waals surface area (Å²) >= 11 is 0. The molecular weight excluding hydrogens is 496 g/mol. The first kappa shape index (κ1) is 30.3. The Balaban J connectivity index is 2.21. The minimum absolute atomic E-state index is 0.208. The number of aryl methyl sites for hydroxylation is 1. The molecule has 3 amide bonds. The molecule has 0 aliphatic rings. The molecule has 12 nitrogen and oxygen atoms in total. The Morgan fingerprint density at radius 3 is 2.34 bits per heavy atom. The zero-order valence-corrected chi connectivity index (χ0v) is 22.1. The van der Waals surface area contributed by atoms with Crippen molar-refractivity contribution in [3.63, 3.8) is 0 Å². The smallest absolute Gasteiger partial charge is 0.408 e. The van der Waals surface area contributed by atoms with E-state index in [1.54, 1.807) is 39.8 Å². The third-order valence-corrected chi connectivity index (χ3v) is 5.45. The molecule has 2 atom stereocenters. The number of fused-ring (bicyclic) bond motifs is 1. The van der Waals surface area contributed by atoms with Crippen LogP contribution in [0.4, 0.5) is 10.5 Å². The fourth-order valence-electron chi connectivity index (χ4n) is 3.65. The Morgan fingerprint density at radius 1 is 1.03 bits per heavy atom. The maximum atomic E-state index is 13.2. The van der Waals surface area contributed by atoms with Crippen LogP contribution in [0.5, 0.6) is 0 Å². The summed E-state index contributed by atoms with van der Waals surface area (Å²) < 4.78 is 10.4. The number of hydrogen-bond acceptors (Lipinski definition) is 8. The fourth-order valence-corrected chi connectivity index (χ4v) is 3.65. The van der Waals surface area contributed by atoms with Gasteiger partial charge in [0.2, 0.25) is 11.8 Å². The largest absolute Gasteiger partial charge is 0.481 e. The zero-order valence-electron chi connectivity index (χ0n) is 22.1. The number of anilines is 1. The Morgan fingerprint density at radius 2 is 1.71 bits per heavy atom. The maximum absolute atomic E-state index is 13.2. The van der Waals surface area contributed by atoms with Crippen LogP contribution >= 0.6 is 0 Å². The quantitative estimate of drug-likeness (QED) is 0.202. The second-order valence-corrected chi connectivity index (χ2v) is 9.93. The van der Waals surface area contributed by atoms with Crippen molar-refractivity contribution in [3.8, 4) is 0 Å². The van der Waals surface area contributed by atoms with Crippen molar-refractivity contribution in [1.82, 2.24) is 10.6 Å². The molecule has 2 aromatic rings. The van der Waals surface area contributed by atoms with Crippen molar-refractivity contribution in [2.75, 3.05) is 11.9 Å². The molecule has 0 aliphatic carbocycles. The molecule has 0 bridgehead atoms. The highest BCUT2D eigenvalue weighted by atomic mass is 16.6. The normalized spacial score (nSPS) is 12.9. The van der Waals surface area contributed by atoms with Gasteiger partial charge < -0.3 is 35.9 Å². The summed E-state index contributed by atoms with van der Waals surface area (Å²) in [5.41, 5.74) is 5.60. The summed E-state index contributed by atoms with van der Waals surface area (Å²) in [5.74, 6) is -2.42. The first-order valence-electron chi connectivity index (χ1n) is 12.4. The van der Waals surface area contributed by atoms with Gasteiger partial charge in [-0.05, 0) is 77.6 Å². The third kappa shape index (κ3) is 9.85. The van der Waals surface area contributed by atoms with Gasteiger partial charge in [0.25, 0.3) is 0 Å². The van der Waals surface area contributed by atoms with Crippen LogP contribution in [0.25, 0.3) is 11.0 Å². The number of unbranched alkanes of at least 4 members (excludes halogenated alkanes) is 1. The van der Waals surface area contributed by atoms with Crippen molar-refractivity contribution in [2.45, 2.75) is 77.5 Å². The molecule has 12 heteroatoms. The van der Waals surface area contributed by atoms with Gasteiger partial charge in [0.05, 0.1) is 0 Å². The topological polar surface area (TPSA) is 190 Å². The number of carboxylic acid groups (broad SMARTS) is 1. The Kier molecular flexibility index (Phi) is 10.8. The van der Waals surface area contributed by atoms with Gasteiger partial charge in [-0.15, -0.1) is 0 Å². The van der Waals surface area contributed by atoms with E-state index in [1.807, 2.05) is 0 Å². The Bertz CT molecular complexity index is 1220. The summed E-state index contributed by atoms with van der Waals surface area (Å²) in [4.78, 5) is 61.3. The fraction of sp³-hybridized carbons (Fsp3) is 0.500. The summed E-state index contributed by atoms with van der Waals surface area (Å²) in [6.45, 7) is 7.11. The van der Waals surface area contributed by atoms with Gasteiger partial charge in [0.1, 0.15) is 23.3 Å². The molecule has 1 aromatic carbocycles. The van der Waals surface area contributed by atoms with Crippen LogP contribution in [-0.2, 0) is 19.1 Å². The zero-order chi connectivity index (χ0) is 28.5. The number of benzene rings is 1. The first-order valence-corrected chi connectivity index (χ1v) is 12.4. The lowest BCUT2D eigenvalue weighted by Crippen LogP contribution is -2.53. The van der Waals surface area contributed by atoms with Gasteiger partial charge in [-0.1, -0.05) is 0 Å². The number of amides is 3. The SMILES string of the molecule is Cc1cc(=O)oc2cc(NC(=O)[C@H](CCCCN)NC(=O)[C@H](CCC(=O)O)NC(=O)OC(C)(C)C)ccc12. The molecule has 2 rings (SSSR count). The van der Waals surface area contributed by atoms with E-state index in [0.717, 1.165) is 5.56 Å². The number of hydrogen-bond donors (Lipinski definition) is 5. The predicted molar refractivity (Wildman–Crippen MR) is 141 cm³/mol. The minimum Gasteiger partial charge on any atom is -0.481 e. The molecule has 208 valence electrons. The first-order chi connectivity index (χ1) is 17.8. The lowest BCUT2D eigenvalue weighted by atomic mass is 10.1. The number of aliphatic carboxylic acids is 1. The molecule has 6 N–H and O–H groups in total. The molecule has 0 saturated carbocycles. The highest BCUT2D eigenvalue weighted by Gasteiger charge is 2.29. The minimum atomic E-state index is -1.25. The number of carbonyl (C=O) groups is 4. The van der Waals surface area contributed by atoms with Crippen LogP contribution in [0.3, 0.4) is 0 Å². The molecule has 1 heterocycles. The molecule has 0 unspecified atom stereocenters. The average molecular weight is 533 g/mol. The second kappa shape index (κ2) is 13.6. The summed E-state index contributed by atoms with van der Waals surface area (Å²) in [5, 5.41) is 17.5. The van der Waals surface area contributed by atoms with Crippen molar-refractivity contribution in [3.05, 3.63) is 40.2 Å². The average Bonchev–Trinajstić information content (AvgIpc) is 2.79.